The van der Waals surface area contributed by atoms with E-state index in [4.69, 9.17) is 0 Å². The minimum Gasteiger partial charge on any atom is -0.259 e. The van der Waals surface area contributed by atoms with Crippen LogP contribution >= 0.6 is 0 Å². The molecule has 1 aromatic rings. The molecule has 0 heterocycles. The van der Waals surface area contributed by atoms with Gasteiger partial charge in [0.25, 0.3) is 0 Å². The van der Waals surface area contributed by atoms with Gasteiger partial charge >= 0.3 is 0 Å². The van der Waals surface area contributed by atoms with Gasteiger partial charge in [-0.25, -0.2) is 8.78 Å². The molecule has 68 valence electrons. The second-order valence-electron chi connectivity index (χ2n) is 2.24. The Kier molecular flexibility index (Phi) is 2.69. The Balaban J connectivity index is 3.02. The van der Waals surface area contributed by atoms with E-state index in [0.29, 0.717) is 6.20 Å². The molecule has 1 aromatic carbocycles. The lowest BCUT2D eigenvalue weighted by atomic mass is 10.2. The Bertz CT molecular complexity index is 363. The molecule has 0 fully saturated rings. The Labute approximate surface area is 72.5 Å². The van der Waals surface area contributed by atoms with Crippen LogP contribution in [0.4, 0.5) is 8.78 Å². The van der Waals surface area contributed by atoms with Crippen LogP contribution in [0, 0.1) is 21.7 Å². The molecular formula is C8H5F2NO2. The van der Waals surface area contributed by atoms with Gasteiger partial charge in [0.05, 0.1) is 4.92 Å². The van der Waals surface area contributed by atoms with E-state index in [1.165, 1.54) is 12.1 Å². The van der Waals surface area contributed by atoms with Crippen molar-refractivity contribution in [3.05, 3.63) is 51.7 Å². The smallest absolute Gasteiger partial charge is 0.235 e. The van der Waals surface area contributed by atoms with Gasteiger partial charge in [0.2, 0.25) is 6.20 Å². The molecule has 0 saturated carbocycles. The molecule has 0 saturated heterocycles. The molecule has 0 unspecified atom stereocenters. The molecule has 0 aliphatic carbocycles. The maximum Gasteiger partial charge on any atom is 0.235 e. The summed E-state index contributed by atoms with van der Waals surface area (Å²) in [6.45, 7) is 0. The Morgan fingerprint density at radius 1 is 1.38 bits per heavy atom. The largest absolute Gasteiger partial charge is 0.259 e. The first-order chi connectivity index (χ1) is 6.11. The quantitative estimate of drug-likeness (QED) is 0.523. The minimum atomic E-state index is -1.08. The van der Waals surface area contributed by atoms with Gasteiger partial charge in [-0.15, -0.1) is 0 Å². The maximum atomic E-state index is 12.8. The van der Waals surface area contributed by atoms with Crippen molar-refractivity contribution in [2.45, 2.75) is 0 Å². The van der Waals surface area contributed by atoms with Gasteiger partial charge < -0.3 is 0 Å². The van der Waals surface area contributed by atoms with E-state index in [1.807, 2.05) is 0 Å². The molecule has 0 N–H and O–H groups in total. The number of nitrogens with zero attached hydrogens (tertiary/aromatic N) is 1. The molecular weight excluding hydrogens is 180 g/mol. The summed E-state index contributed by atoms with van der Waals surface area (Å²) in [6.07, 6.45) is 1.45. The fourth-order valence-corrected chi connectivity index (χ4v) is 0.790. The zero-order valence-electron chi connectivity index (χ0n) is 6.41. The summed E-state index contributed by atoms with van der Waals surface area (Å²) in [5.74, 6) is -2.11. The highest BCUT2D eigenvalue weighted by molar-refractivity contribution is 5.48. The zero-order valence-corrected chi connectivity index (χ0v) is 6.41. The Hall–Kier alpha value is -1.78. The van der Waals surface area contributed by atoms with E-state index in [2.05, 4.69) is 0 Å². The lowest BCUT2D eigenvalue weighted by Gasteiger charge is -1.95. The van der Waals surface area contributed by atoms with Crippen LogP contribution < -0.4 is 0 Å². The summed E-state index contributed by atoms with van der Waals surface area (Å²) in [7, 11) is 0. The number of halogens is 2. The van der Waals surface area contributed by atoms with Gasteiger partial charge in [-0.3, -0.25) is 10.1 Å². The fourth-order valence-electron chi connectivity index (χ4n) is 0.790. The number of nitro groups is 1. The van der Waals surface area contributed by atoms with Crippen LogP contribution in [0.15, 0.2) is 24.4 Å². The van der Waals surface area contributed by atoms with Crippen LogP contribution in [0.5, 0.6) is 0 Å². The van der Waals surface area contributed by atoms with E-state index >= 15 is 0 Å². The van der Waals surface area contributed by atoms with Crippen molar-refractivity contribution in [1.29, 1.82) is 0 Å². The molecule has 0 atom stereocenters. The molecule has 0 spiro atoms. The van der Waals surface area contributed by atoms with E-state index in [1.54, 1.807) is 0 Å². The summed E-state index contributed by atoms with van der Waals surface area (Å²) in [5.41, 5.74) is -0.142. The molecule has 0 aromatic heterocycles. The van der Waals surface area contributed by atoms with E-state index < -0.39 is 16.6 Å². The lowest BCUT2D eigenvalue weighted by Crippen LogP contribution is -1.89. The van der Waals surface area contributed by atoms with Gasteiger partial charge in [-0.2, -0.15) is 0 Å². The van der Waals surface area contributed by atoms with Gasteiger partial charge in [0, 0.05) is 11.6 Å². The topological polar surface area (TPSA) is 43.1 Å². The van der Waals surface area contributed by atoms with Crippen LogP contribution in [-0.2, 0) is 0 Å². The first kappa shape index (κ1) is 9.31. The van der Waals surface area contributed by atoms with Crippen LogP contribution in [0.3, 0.4) is 0 Å². The predicted octanol–water partition coefficient (Wildman–Crippen LogP) is 2.21. The van der Waals surface area contributed by atoms with Crippen molar-refractivity contribution in [1.82, 2.24) is 0 Å². The number of hydrogen-bond donors (Lipinski definition) is 0. The molecule has 13 heavy (non-hydrogen) atoms. The zero-order chi connectivity index (χ0) is 9.84. The van der Waals surface area contributed by atoms with Crippen LogP contribution in [-0.4, -0.2) is 4.92 Å². The van der Waals surface area contributed by atoms with Crippen molar-refractivity contribution in [3.8, 4) is 0 Å². The van der Waals surface area contributed by atoms with Crippen molar-refractivity contribution in [2.75, 3.05) is 0 Å². The van der Waals surface area contributed by atoms with Crippen molar-refractivity contribution >= 4 is 6.08 Å². The molecule has 3 nitrogen and oxygen atoms in total. The van der Waals surface area contributed by atoms with Crippen molar-refractivity contribution in [3.63, 3.8) is 0 Å². The normalized spacial score (nSPS) is 10.6. The first-order valence-electron chi connectivity index (χ1n) is 3.37. The SMILES string of the molecule is O=[N+]([O-])C=Cc1cccc(F)c1F. The number of hydrogen-bond acceptors (Lipinski definition) is 2. The average molecular weight is 185 g/mol. The molecule has 5 heteroatoms. The highest BCUT2D eigenvalue weighted by Gasteiger charge is 2.04. The monoisotopic (exact) mass is 185 g/mol. The van der Waals surface area contributed by atoms with Gasteiger partial charge in [-0.05, 0) is 6.07 Å². The second kappa shape index (κ2) is 3.75. The summed E-state index contributed by atoms with van der Waals surface area (Å²) in [4.78, 5) is 9.13. The minimum absolute atomic E-state index is 0.142. The van der Waals surface area contributed by atoms with E-state index in [9.17, 15) is 18.9 Å². The van der Waals surface area contributed by atoms with Crippen LogP contribution in [0.2, 0.25) is 0 Å². The molecule has 0 radical (unpaired) electrons. The van der Waals surface area contributed by atoms with E-state index in [0.717, 1.165) is 12.1 Å². The molecule has 0 amide bonds. The summed E-state index contributed by atoms with van der Waals surface area (Å²) >= 11 is 0. The summed E-state index contributed by atoms with van der Waals surface area (Å²) < 4.78 is 25.3. The second-order valence-corrected chi connectivity index (χ2v) is 2.24. The summed E-state index contributed by atoms with van der Waals surface area (Å²) in [6, 6.07) is 3.47. The number of rotatable bonds is 2. The predicted molar refractivity (Wildman–Crippen MR) is 42.4 cm³/mol. The third kappa shape index (κ3) is 2.33. The Morgan fingerprint density at radius 3 is 2.69 bits per heavy atom. The summed E-state index contributed by atoms with van der Waals surface area (Å²) in [5, 5.41) is 9.87. The van der Waals surface area contributed by atoms with Gasteiger partial charge in [0.15, 0.2) is 11.6 Å². The lowest BCUT2D eigenvalue weighted by molar-refractivity contribution is -0.400. The van der Waals surface area contributed by atoms with Crippen LogP contribution in [0.1, 0.15) is 5.56 Å². The molecule has 0 bridgehead atoms. The van der Waals surface area contributed by atoms with Crippen LogP contribution in [0.25, 0.3) is 6.08 Å². The number of benzene rings is 1. The Morgan fingerprint density at radius 2 is 2.08 bits per heavy atom. The third-order valence-electron chi connectivity index (χ3n) is 1.36. The highest BCUT2D eigenvalue weighted by atomic mass is 19.2. The van der Waals surface area contributed by atoms with Crippen molar-refractivity contribution in [2.24, 2.45) is 0 Å². The molecule has 0 aliphatic heterocycles. The molecule has 1 rings (SSSR count). The van der Waals surface area contributed by atoms with Crippen molar-refractivity contribution < 1.29 is 13.7 Å². The fraction of sp³-hybridized carbons (Fsp3) is 0. The van der Waals surface area contributed by atoms with Gasteiger partial charge in [0.1, 0.15) is 0 Å². The standard InChI is InChI=1S/C8H5F2NO2/c9-7-3-1-2-6(8(7)10)4-5-11(12)13/h1-5H. The average Bonchev–Trinajstić information content (AvgIpc) is 2.07. The first-order valence-corrected chi connectivity index (χ1v) is 3.37. The maximum absolute atomic E-state index is 12.8. The third-order valence-corrected chi connectivity index (χ3v) is 1.36. The highest BCUT2D eigenvalue weighted by Crippen LogP contribution is 2.12. The van der Waals surface area contributed by atoms with E-state index in [-0.39, 0.29) is 5.56 Å². The van der Waals surface area contributed by atoms with Gasteiger partial charge in [-0.1, -0.05) is 12.1 Å². The molecule has 0 aliphatic rings.